The van der Waals surface area contributed by atoms with Gasteiger partial charge in [0.2, 0.25) is 10.0 Å². The Kier molecular flexibility index (Phi) is 3.72. The highest BCUT2D eigenvalue weighted by molar-refractivity contribution is 7.89. The summed E-state index contributed by atoms with van der Waals surface area (Å²) in [5, 5.41) is 14.1. The lowest BCUT2D eigenvalue weighted by Gasteiger charge is -2.40. The largest absolute Gasteiger partial charge is 0.390 e. The third-order valence-electron chi connectivity index (χ3n) is 3.98. The van der Waals surface area contributed by atoms with E-state index in [1.807, 2.05) is 13.8 Å². The number of hydrogen-bond donors (Lipinski definition) is 1. The molecular weight excluding hydrogens is 266 g/mol. The molecule has 1 aromatic rings. The third kappa shape index (κ3) is 2.68. The lowest BCUT2D eigenvalue weighted by Crippen LogP contribution is -2.50. The van der Waals surface area contributed by atoms with Gasteiger partial charge < -0.3 is 5.11 Å². The topological polar surface area (TPSA) is 75.4 Å². The Morgan fingerprint density at radius 3 is 2.79 bits per heavy atom. The van der Waals surface area contributed by atoms with Crippen LogP contribution in [-0.2, 0) is 16.6 Å². The Bertz CT molecular complexity index is 550. The minimum atomic E-state index is -3.50. The summed E-state index contributed by atoms with van der Waals surface area (Å²) < 4.78 is 28.0. The van der Waals surface area contributed by atoms with Crippen LogP contribution in [0.5, 0.6) is 0 Å². The first kappa shape index (κ1) is 14.5. The van der Waals surface area contributed by atoms with E-state index in [9.17, 15) is 13.5 Å². The molecule has 0 spiro atoms. The van der Waals surface area contributed by atoms with E-state index in [-0.39, 0.29) is 10.8 Å². The van der Waals surface area contributed by atoms with Crippen molar-refractivity contribution in [3.05, 3.63) is 12.4 Å². The van der Waals surface area contributed by atoms with Crippen LogP contribution in [0.1, 0.15) is 27.2 Å². The molecule has 0 amide bonds. The molecular formula is C12H21N3O3S. The van der Waals surface area contributed by atoms with Crippen LogP contribution in [0.3, 0.4) is 0 Å². The van der Waals surface area contributed by atoms with Gasteiger partial charge in [0.15, 0.2) is 0 Å². The fourth-order valence-corrected chi connectivity index (χ4v) is 3.69. The van der Waals surface area contributed by atoms with Crippen LogP contribution in [0.4, 0.5) is 0 Å². The maximum Gasteiger partial charge on any atom is 0.246 e. The number of hydrogen-bond acceptors (Lipinski definition) is 4. The number of aliphatic hydroxyl groups is 1. The molecule has 1 N–H and O–H groups in total. The first-order valence-electron chi connectivity index (χ1n) is 6.52. The first-order chi connectivity index (χ1) is 8.77. The van der Waals surface area contributed by atoms with E-state index in [0.717, 1.165) is 0 Å². The van der Waals surface area contributed by atoms with Gasteiger partial charge in [-0.3, -0.25) is 4.68 Å². The molecule has 0 aromatic carbocycles. The van der Waals surface area contributed by atoms with Crippen LogP contribution in [0, 0.1) is 5.92 Å². The van der Waals surface area contributed by atoms with Crippen molar-refractivity contribution in [2.75, 3.05) is 13.1 Å². The molecule has 0 aliphatic carbocycles. The van der Waals surface area contributed by atoms with Gasteiger partial charge in [0.25, 0.3) is 0 Å². The van der Waals surface area contributed by atoms with E-state index < -0.39 is 15.6 Å². The smallest absolute Gasteiger partial charge is 0.246 e. The first-order valence-corrected chi connectivity index (χ1v) is 7.96. The van der Waals surface area contributed by atoms with Gasteiger partial charge in [0, 0.05) is 25.8 Å². The lowest BCUT2D eigenvalue weighted by atomic mass is 9.85. The van der Waals surface area contributed by atoms with Crippen molar-refractivity contribution < 1.29 is 13.5 Å². The minimum absolute atomic E-state index is 0.0859. The lowest BCUT2D eigenvalue weighted by molar-refractivity contribution is -0.0333. The fourth-order valence-electron chi connectivity index (χ4n) is 2.21. The highest BCUT2D eigenvalue weighted by Gasteiger charge is 2.39. The molecule has 7 heteroatoms. The molecule has 0 saturated carbocycles. The molecule has 1 fully saturated rings. The molecule has 2 atom stereocenters. The molecule has 2 heterocycles. The second-order valence-corrected chi connectivity index (χ2v) is 7.34. The molecule has 6 nitrogen and oxygen atoms in total. The maximum absolute atomic E-state index is 12.5. The van der Waals surface area contributed by atoms with Crippen molar-refractivity contribution >= 4 is 10.0 Å². The molecule has 0 unspecified atom stereocenters. The van der Waals surface area contributed by atoms with Crippen molar-refractivity contribution in [2.24, 2.45) is 5.92 Å². The molecule has 19 heavy (non-hydrogen) atoms. The molecule has 2 rings (SSSR count). The van der Waals surface area contributed by atoms with E-state index in [4.69, 9.17) is 0 Å². The van der Waals surface area contributed by atoms with Gasteiger partial charge in [-0.2, -0.15) is 9.40 Å². The fraction of sp³-hybridized carbons (Fsp3) is 0.750. The van der Waals surface area contributed by atoms with Crippen molar-refractivity contribution in [1.29, 1.82) is 0 Å². The van der Waals surface area contributed by atoms with Crippen molar-refractivity contribution in [2.45, 2.75) is 44.2 Å². The van der Waals surface area contributed by atoms with Crippen LogP contribution in [0.25, 0.3) is 0 Å². The molecule has 1 aromatic heterocycles. The summed E-state index contributed by atoms with van der Waals surface area (Å²) in [5.41, 5.74) is -0.792. The summed E-state index contributed by atoms with van der Waals surface area (Å²) in [6.45, 7) is 6.86. The average Bonchev–Trinajstić information content (AvgIpc) is 2.81. The highest BCUT2D eigenvalue weighted by atomic mass is 32.2. The molecule has 0 radical (unpaired) electrons. The normalized spacial score (nSPS) is 29.6. The summed E-state index contributed by atoms with van der Waals surface area (Å²) in [4.78, 5) is 0.225. The Labute approximate surface area is 114 Å². The van der Waals surface area contributed by atoms with Crippen LogP contribution >= 0.6 is 0 Å². The van der Waals surface area contributed by atoms with E-state index >= 15 is 0 Å². The average molecular weight is 287 g/mol. The van der Waals surface area contributed by atoms with Gasteiger partial charge in [-0.05, 0) is 26.2 Å². The second-order valence-electron chi connectivity index (χ2n) is 5.40. The van der Waals surface area contributed by atoms with Crippen molar-refractivity contribution in [1.82, 2.24) is 14.1 Å². The predicted octanol–water partition coefficient (Wildman–Crippen LogP) is 0.684. The van der Waals surface area contributed by atoms with E-state index in [2.05, 4.69) is 5.10 Å². The van der Waals surface area contributed by atoms with Gasteiger partial charge in [0.1, 0.15) is 4.90 Å². The summed E-state index contributed by atoms with van der Waals surface area (Å²) >= 11 is 0. The highest BCUT2D eigenvalue weighted by Crippen LogP contribution is 2.30. The van der Waals surface area contributed by atoms with E-state index in [1.165, 1.54) is 10.5 Å². The monoisotopic (exact) mass is 287 g/mol. The Hall–Kier alpha value is -0.920. The van der Waals surface area contributed by atoms with Crippen LogP contribution in [0.15, 0.2) is 17.3 Å². The maximum atomic E-state index is 12.5. The number of rotatable bonds is 3. The van der Waals surface area contributed by atoms with Gasteiger partial charge >= 0.3 is 0 Å². The summed E-state index contributed by atoms with van der Waals surface area (Å²) in [6, 6.07) is 0. The summed E-state index contributed by atoms with van der Waals surface area (Å²) in [7, 11) is -3.50. The number of piperidine rings is 1. The number of aromatic nitrogens is 2. The second kappa shape index (κ2) is 4.88. The summed E-state index contributed by atoms with van der Waals surface area (Å²) in [5.74, 6) is -0.0859. The van der Waals surface area contributed by atoms with E-state index in [0.29, 0.717) is 26.1 Å². The van der Waals surface area contributed by atoms with E-state index in [1.54, 1.807) is 17.8 Å². The Morgan fingerprint density at radius 1 is 1.58 bits per heavy atom. The van der Waals surface area contributed by atoms with Gasteiger partial charge in [-0.1, -0.05) is 6.92 Å². The Balaban J connectivity index is 2.22. The summed E-state index contributed by atoms with van der Waals surface area (Å²) in [6.07, 6.45) is 3.39. The zero-order chi connectivity index (χ0) is 14.3. The van der Waals surface area contributed by atoms with Gasteiger partial charge in [0.05, 0.1) is 11.8 Å². The molecule has 1 aliphatic rings. The van der Waals surface area contributed by atoms with Crippen LogP contribution in [0.2, 0.25) is 0 Å². The zero-order valence-electron chi connectivity index (χ0n) is 11.6. The van der Waals surface area contributed by atoms with Crippen LogP contribution in [-0.4, -0.2) is 46.3 Å². The molecule has 1 saturated heterocycles. The quantitative estimate of drug-likeness (QED) is 0.887. The number of aryl methyl sites for hydroxylation is 1. The van der Waals surface area contributed by atoms with Crippen LogP contribution < -0.4 is 0 Å². The SMILES string of the molecule is CCn1cc(S(=O)(=O)N2CC[C@](C)(O)[C@H](C)C2)cn1. The Morgan fingerprint density at radius 2 is 2.26 bits per heavy atom. The number of nitrogens with zero attached hydrogens (tertiary/aromatic N) is 3. The third-order valence-corrected chi connectivity index (χ3v) is 5.80. The van der Waals surface area contributed by atoms with Crippen molar-refractivity contribution in [3.63, 3.8) is 0 Å². The van der Waals surface area contributed by atoms with Gasteiger partial charge in [-0.15, -0.1) is 0 Å². The number of sulfonamides is 1. The standard InChI is InChI=1S/C12H21N3O3S/c1-4-14-9-11(7-13-14)19(17,18)15-6-5-12(3,16)10(2)8-15/h7,9-10,16H,4-6,8H2,1-3H3/t10-,12+/m1/s1. The molecule has 0 bridgehead atoms. The minimum Gasteiger partial charge on any atom is -0.390 e. The molecule has 1 aliphatic heterocycles. The molecule has 108 valence electrons. The van der Waals surface area contributed by atoms with Crippen molar-refractivity contribution in [3.8, 4) is 0 Å². The van der Waals surface area contributed by atoms with Gasteiger partial charge in [-0.25, -0.2) is 8.42 Å². The zero-order valence-corrected chi connectivity index (χ0v) is 12.4. The predicted molar refractivity (Wildman–Crippen MR) is 71.1 cm³/mol.